The second kappa shape index (κ2) is 7.96. The van der Waals surface area contributed by atoms with Crippen LogP contribution in [0, 0.1) is 0 Å². The first-order chi connectivity index (χ1) is 15.4. The summed E-state index contributed by atoms with van der Waals surface area (Å²) in [6.45, 7) is 0. The number of hydrogen-bond donors (Lipinski definition) is 3. The summed E-state index contributed by atoms with van der Waals surface area (Å²) >= 11 is 12.4. The molecule has 4 N–H and O–H groups in total. The van der Waals surface area contributed by atoms with Crippen LogP contribution in [0.15, 0.2) is 41.3 Å². The fraction of sp³-hybridized carbons (Fsp3) is 0.182. The van der Waals surface area contributed by atoms with Crippen LogP contribution < -0.4 is 16.6 Å². The molecule has 3 heterocycles. The number of carbonyl (C=O) groups is 1. The van der Waals surface area contributed by atoms with Crippen LogP contribution in [0.25, 0.3) is 16.7 Å². The van der Waals surface area contributed by atoms with Crippen molar-refractivity contribution in [2.75, 3.05) is 5.32 Å². The minimum absolute atomic E-state index is 0.0226. The molecule has 0 radical (unpaired) electrons. The van der Waals surface area contributed by atoms with Crippen molar-refractivity contribution in [2.24, 2.45) is 5.73 Å². The lowest BCUT2D eigenvalue weighted by Gasteiger charge is -2.21. The summed E-state index contributed by atoms with van der Waals surface area (Å²) in [6.07, 6.45) is 5.18. The molecular weight excluding hydrogens is 451 g/mol. The van der Waals surface area contributed by atoms with E-state index in [2.05, 4.69) is 15.4 Å². The van der Waals surface area contributed by atoms with Crippen LogP contribution in [0.1, 0.15) is 34.6 Å². The number of nitrogens with zero attached hydrogens (tertiary/aromatic N) is 3. The van der Waals surface area contributed by atoms with Gasteiger partial charge in [0.1, 0.15) is 11.4 Å². The van der Waals surface area contributed by atoms with E-state index < -0.39 is 11.5 Å². The van der Waals surface area contributed by atoms with Gasteiger partial charge in [0.2, 0.25) is 0 Å². The number of aromatic nitrogens is 4. The average molecular weight is 469 g/mol. The molecule has 0 bridgehead atoms. The van der Waals surface area contributed by atoms with Crippen LogP contribution >= 0.6 is 23.2 Å². The number of fused-ring (bicyclic) bond motifs is 2. The Morgan fingerprint density at radius 2 is 1.97 bits per heavy atom. The molecule has 8 nitrogen and oxygen atoms in total. The minimum Gasteiger partial charge on any atom is -0.364 e. The lowest BCUT2D eigenvalue weighted by Crippen LogP contribution is -2.19. The molecule has 0 saturated heterocycles. The predicted molar refractivity (Wildman–Crippen MR) is 124 cm³/mol. The maximum atomic E-state index is 13.3. The van der Waals surface area contributed by atoms with Crippen molar-refractivity contribution in [3.63, 3.8) is 0 Å². The third kappa shape index (κ3) is 3.41. The van der Waals surface area contributed by atoms with Crippen molar-refractivity contribution in [3.05, 3.63) is 73.9 Å². The largest absolute Gasteiger partial charge is 0.364 e. The van der Waals surface area contributed by atoms with E-state index in [1.165, 1.54) is 6.20 Å². The van der Waals surface area contributed by atoms with Gasteiger partial charge in [0, 0.05) is 22.3 Å². The van der Waals surface area contributed by atoms with Gasteiger partial charge in [0.15, 0.2) is 5.82 Å². The Morgan fingerprint density at radius 3 is 2.75 bits per heavy atom. The number of pyridine rings is 2. The molecule has 10 heteroatoms. The van der Waals surface area contributed by atoms with Crippen molar-refractivity contribution >= 4 is 51.4 Å². The number of H-pyrrole nitrogens is 1. The van der Waals surface area contributed by atoms with E-state index in [1.807, 2.05) is 6.07 Å². The van der Waals surface area contributed by atoms with Gasteiger partial charge in [0.25, 0.3) is 11.5 Å². The summed E-state index contributed by atoms with van der Waals surface area (Å²) in [7, 11) is 0. The molecular formula is C22H18Cl2N6O2. The Bertz CT molecular complexity index is 1440. The van der Waals surface area contributed by atoms with E-state index in [4.69, 9.17) is 33.9 Å². The minimum atomic E-state index is -0.786. The number of aryl methyl sites for hydroxylation is 1. The number of anilines is 2. The topological polar surface area (TPSA) is 119 Å². The van der Waals surface area contributed by atoms with Crippen molar-refractivity contribution in [1.29, 1.82) is 0 Å². The highest BCUT2D eigenvalue weighted by molar-refractivity contribution is 6.32. The molecule has 1 aromatic carbocycles. The standard InChI is InChI=1S/C22H18Cl2N6O2/c23-11-7-8-13-16(10-11)27-15-6-2-1-4-12(15)17(13)28-19-18(20(25)31)29-30(22(19)32)21-14(24)5-3-9-26-21/h3,5,7-10,29H,1-2,4,6H2,(H2,25,31)(H,27,28). The van der Waals surface area contributed by atoms with E-state index in [1.54, 1.807) is 24.3 Å². The van der Waals surface area contributed by atoms with E-state index in [-0.39, 0.29) is 22.2 Å². The van der Waals surface area contributed by atoms with Gasteiger partial charge in [-0.1, -0.05) is 23.2 Å². The van der Waals surface area contributed by atoms with Crippen LogP contribution in [-0.4, -0.2) is 25.7 Å². The molecule has 162 valence electrons. The van der Waals surface area contributed by atoms with Gasteiger partial charge in [-0.25, -0.2) is 4.98 Å². The highest BCUT2D eigenvalue weighted by atomic mass is 35.5. The van der Waals surface area contributed by atoms with Gasteiger partial charge in [-0.3, -0.25) is 19.7 Å². The van der Waals surface area contributed by atoms with Crippen LogP contribution in [0.5, 0.6) is 0 Å². The van der Waals surface area contributed by atoms with Crippen molar-refractivity contribution in [3.8, 4) is 5.82 Å². The van der Waals surface area contributed by atoms with Gasteiger partial charge in [-0.2, -0.15) is 4.68 Å². The zero-order valence-corrected chi connectivity index (χ0v) is 18.3. The SMILES string of the molecule is NC(=O)c1[nH]n(-c2ncccc2Cl)c(=O)c1Nc1c2c(nc3cc(Cl)ccc13)CCCC2. The fourth-order valence-corrected chi connectivity index (χ4v) is 4.46. The number of aromatic amines is 1. The fourth-order valence-electron chi connectivity index (χ4n) is 4.09. The molecule has 0 aliphatic heterocycles. The van der Waals surface area contributed by atoms with Crippen LogP contribution in [0.2, 0.25) is 10.0 Å². The molecule has 0 saturated carbocycles. The van der Waals surface area contributed by atoms with Gasteiger partial charge < -0.3 is 11.1 Å². The van der Waals surface area contributed by atoms with Crippen molar-refractivity contribution in [1.82, 2.24) is 19.7 Å². The van der Waals surface area contributed by atoms with Crippen LogP contribution in [-0.2, 0) is 12.8 Å². The summed E-state index contributed by atoms with van der Waals surface area (Å²) in [5, 5.41) is 7.57. The highest BCUT2D eigenvalue weighted by Gasteiger charge is 2.25. The first kappa shape index (κ1) is 20.5. The van der Waals surface area contributed by atoms with Crippen LogP contribution in [0.3, 0.4) is 0 Å². The second-order valence-electron chi connectivity index (χ2n) is 7.58. The van der Waals surface area contributed by atoms with Crippen LogP contribution in [0.4, 0.5) is 11.4 Å². The summed E-state index contributed by atoms with van der Waals surface area (Å²) in [5.74, 6) is -0.617. The quantitative estimate of drug-likeness (QED) is 0.415. The number of nitrogens with two attached hydrogens (primary N) is 1. The average Bonchev–Trinajstić information content (AvgIpc) is 3.10. The Balaban J connectivity index is 1.74. The molecule has 1 aliphatic carbocycles. The predicted octanol–water partition coefficient (Wildman–Crippen LogP) is 4.14. The molecule has 0 atom stereocenters. The first-order valence-electron chi connectivity index (χ1n) is 10.1. The Morgan fingerprint density at radius 1 is 1.16 bits per heavy atom. The summed E-state index contributed by atoms with van der Waals surface area (Å²) in [5.41, 5.74) is 8.43. The molecule has 0 spiro atoms. The number of nitrogens with one attached hydrogen (secondary N) is 2. The molecule has 0 fully saturated rings. The number of carbonyl (C=O) groups excluding carboxylic acids is 1. The van der Waals surface area contributed by atoms with Gasteiger partial charge in [-0.05, 0) is 61.6 Å². The third-order valence-electron chi connectivity index (χ3n) is 5.56. The molecule has 1 amide bonds. The Labute approximate surface area is 192 Å². The Kier molecular flexibility index (Phi) is 5.11. The zero-order valence-electron chi connectivity index (χ0n) is 16.8. The maximum absolute atomic E-state index is 13.3. The smallest absolute Gasteiger partial charge is 0.297 e. The van der Waals surface area contributed by atoms with Gasteiger partial charge in [0.05, 0.1) is 16.2 Å². The van der Waals surface area contributed by atoms with E-state index in [0.29, 0.717) is 10.5 Å². The second-order valence-corrected chi connectivity index (χ2v) is 8.42. The normalized spacial score (nSPS) is 13.2. The zero-order chi connectivity index (χ0) is 22.4. The molecule has 5 rings (SSSR count). The summed E-state index contributed by atoms with van der Waals surface area (Å²) in [4.78, 5) is 34.5. The number of halogens is 2. The highest BCUT2D eigenvalue weighted by Crippen LogP contribution is 2.36. The number of benzene rings is 1. The number of rotatable bonds is 4. The van der Waals surface area contributed by atoms with Gasteiger partial charge >= 0.3 is 0 Å². The van der Waals surface area contributed by atoms with Gasteiger partial charge in [-0.15, -0.1) is 0 Å². The van der Waals surface area contributed by atoms with E-state index in [0.717, 1.165) is 52.7 Å². The first-order valence-corrected chi connectivity index (χ1v) is 10.8. The lowest BCUT2D eigenvalue weighted by molar-refractivity contribution is 0.0996. The maximum Gasteiger partial charge on any atom is 0.297 e. The lowest BCUT2D eigenvalue weighted by atomic mass is 9.92. The molecule has 4 aromatic rings. The molecule has 0 unspecified atom stereocenters. The summed E-state index contributed by atoms with van der Waals surface area (Å²) in [6, 6.07) is 8.66. The molecule has 3 aromatic heterocycles. The third-order valence-corrected chi connectivity index (χ3v) is 6.09. The van der Waals surface area contributed by atoms with Crippen molar-refractivity contribution in [2.45, 2.75) is 25.7 Å². The molecule has 32 heavy (non-hydrogen) atoms. The Hall–Kier alpha value is -3.36. The molecule has 1 aliphatic rings. The number of hydrogen-bond acceptors (Lipinski definition) is 5. The number of amides is 1. The monoisotopic (exact) mass is 468 g/mol. The van der Waals surface area contributed by atoms with E-state index in [9.17, 15) is 9.59 Å². The summed E-state index contributed by atoms with van der Waals surface area (Å²) < 4.78 is 1.11. The van der Waals surface area contributed by atoms with Crippen molar-refractivity contribution < 1.29 is 4.79 Å². The number of primary amides is 1. The van der Waals surface area contributed by atoms with E-state index >= 15 is 0 Å².